The van der Waals surface area contributed by atoms with Crippen LogP contribution in [-0.2, 0) is 11.2 Å². The van der Waals surface area contributed by atoms with Crippen molar-refractivity contribution in [3.8, 4) is 0 Å². The van der Waals surface area contributed by atoms with Crippen molar-refractivity contribution in [2.45, 2.75) is 58.5 Å². The van der Waals surface area contributed by atoms with Crippen molar-refractivity contribution in [3.05, 3.63) is 35.5 Å². The first-order chi connectivity index (χ1) is 10.1. The lowest BCUT2D eigenvalue weighted by atomic mass is 9.96. The van der Waals surface area contributed by atoms with Crippen LogP contribution in [-0.4, -0.2) is 27.9 Å². The molecule has 3 nitrogen and oxygen atoms in total. The van der Waals surface area contributed by atoms with Gasteiger partial charge in [0.25, 0.3) is 0 Å². The second-order valence-electron chi connectivity index (χ2n) is 6.38. The largest absolute Gasteiger partial charge is 0.358 e. The molecular formula is C18H24N2O. The van der Waals surface area contributed by atoms with E-state index in [1.165, 1.54) is 11.8 Å². The van der Waals surface area contributed by atoms with E-state index in [0.717, 1.165) is 29.6 Å². The predicted octanol–water partition coefficient (Wildman–Crippen LogP) is 3.81. The minimum atomic E-state index is 0.266. The number of fused-ring (bicyclic) bond motifs is 1. The number of aromatic nitrogens is 1. The topological polar surface area (TPSA) is 36.1 Å². The van der Waals surface area contributed by atoms with Crippen LogP contribution in [0.15, 0.2) is 24.3 Å². The number of nitrogens with one attached hydrogen (secondary N) is 1. The monoisotopic (exact) mass is 284 g/mol. The Morgan fingerprint density at radius 1 is 1.24 bits per heavy atom. The van der Waals surface area contributed by atoms with Crippen LogP contribution in [0.3, 0.4) is 0 Å². The smallest absolute Gasteiger partial charge is 0.227 e. The van der Waals surface area contributed by atoms with Crippen LogP contribution < -0.4 is 0 Å². The molecule has 1 fully saturated rings. The molecule has 1 N–H and O–H groups in total. The van der Waals surface area contributed by atoms with Crippen LogP contribution in [0.5, 0.6) is 0 Å². The molecule has 0 spiro atoms. The molecule has 0 saturated carbocycles. The molecule has 2 unspecified atom stereocenters. The molecule has 2 aromatic rings. The zero-order chi connectivity index (χ0) is 15.0. The van der Waals surface area contributed by atoms with E-state index in [1.807, 2.05) is 12.1 Å². The second-order valence-corrected chi connectivity index (χ2v) is 6.38. The number of amides is 1. The fourth-order valence-corrected chi connectivity index (χ4v) is 3.72. The Morgan fingerprint density at radius 2 is 1.90 bits per heavy atom. The summed E-state index contributed by atoms with van der Waals surface area (Å²) in [6, 6.07) is 8.97. The Labute approximate surface area is 126 Å². The molecule has 1 aliphatic heterocycles. The quantitative estimate of drug-likeness (QED) is 0.894. The van der Waals surface area contributed by atoms with Gasteiger partial charge in [0.1, 0.15) is 0 Å². The Bertz CT molecular complexity index is 648. The Hall–Kier alpha value is -1.77. The molecule has 1 aliphatic rings. The van der Waals surface area contributed by atoms with Crippen molar-refractivity contribution >= 4 is 16.8 Å². The summed E-state index contributed by atoms with van der Waals surface area (Å²) < 4.78 is 0. The van der Waals surface area contributed by atoms with E-state index in [0.29, 0.717) is 18.5 Å². The number of aryl methyl sites for hydroxylation is 1. The standard InChI is InChI=1S/C18H24N2O/c1-12-7-6-8-13(2)20(12)18(21)11-16-14(3)19-17-10-5-4-9-15(16)17/h4-5,9-10,12-13,19H,6-8,11H2,1-3H3. The third-order valence-electron chi connectivity index (χ3n) is 4.84. The summed E-state index contributed by atoms with van der Waals surface area (Å²) in [6.45, 7) is 6.41. The van der Waals surface area contributed by atoms with Crippen LogP contribution in [0.1, 0.15) is 44.4 Å². The molecule has 112 valence electrons. The van der Waals surface area contributed by atoms with Crippen LogP contribution in [0.25, 0.3) is 10.9 Å². The van der Waals surface area contributed by atoms with Gasteiger partial charge in [-0.05, 0) is 51.7 Å². The summed E-state index contributed by atoms with van der Waals surface area (Å²) in [5.41, 5.74) is 3.39. The zero-order valence-corrected chi connectivity index (χ0v) is 13.1. The van der Waals surface area contributed by atoms with E-state index in [-0.39, 0.29) is 5.91 Å². The van der Waals surface area contributed by atoms with Crippen LogP contribution in [0, 0.1) is 6.92 Å². The van der Waals surface area contributed by atoms with Gasteiger partial charge < -0.3 is 9.88 Å². The number of benzene rings is 1. The van der Waals surface area contributed by atoms with Gasteiger partial charge >= 0.3 is 0 Å². The van der Waals surface area contributed by atoms with Crippen molar-refractivity contribution in [2.24, 2.45) is 0 Å². The maximum Gasteiger partial charge on any atom is 0.227 e. The number of carbonyl (C=O) groups excluding carboxylic acids is 1. The number of hydrogen-bond acceptors (Lipinski definition) is 1. The van der Waals surface area contributed by atoms with E-state index >= 15 is 0 Å². The van der Waals surface area contributed by atoms with E-state index in [1.54, 1.807) is 0 Å². The third kappa shape index (κ3) is 2.57. The maximum atomic E-state index is 12.8. The van der Waals surface area contributed by atoms with Crippen molar-refractivity contribution in [3.63, 3.8) is 0 Å². The molecule has 3 heteroatoms. The Kier molecular flexibility index (Phi) is 3.75. The number of hydrogen-bond donors (Lipinski definition) is 1. The summed E-state index contributed by atoms with van der Waals surface area (Å²) in [4.78, 5) is 18.3. The van der Waals surface area contributed by atoms with E-state index in [2.05, 4.69) is 42.8 Å². The highest BCUT2D eigenvalue weighted by Gasteiger charge is 2.29. The normalized spacial score (nSPS) is 22.7. The maximum absolute atomic E-state index is 12.8. The zero-order valence-electron chi connectivity index (χ0n) is 13.1. The summed E-state index contributed by atoms with van der Waals surface area (Å²) >= 11 is 0. The lowest BCUT2D eigenvalue weighted by molar-refractivity contribution is -0.136. The summed E-state index contributed by atoms with van der Waals surface area (Å²) in [6.07, 6.45) is 3.99. The van der Waals surface area contributed by atoms with Gasteiger partial charge in [0.05, 0.1) is 6.42 Å². The minimum absolute atomic E-state index is 0.266. The summed E-state index contributed by atoms with van der Waals surface area (Å²) in [7, 11) is 0. The lowest BCUT2D eigenvalue weighted by Crippen LogP contribution is -2.48. The van der Waals surface area contributed by atoms with Crippen molar-refractivity contribution in [1.29, 1.82) is 0 Å². The first kappa shape index (κ1) is 14.2. The molecular weight excluding hydrogens is 260 g/mol. The lowest BCUT2D eigenvalue weighted by Gasteiger charge is -2.39. The number of piperidine rings is 1. The van der Waals surface area contributed by atoms with E-state index in [9.17, 15) is 4.79 Å². The third-order valence-corrected chi connectivity index (χ3v) is 4.84. The van der Waals surface area contributed by atoms with Gasteiger partial charge in [-0.2, -0.15) is 0 Å². The number of nitrogens with zero attached hydrogens (tertiary/aromatic N) is 1. The molecule has 0 radical (unpaired) electrons. The van der Waals surface area contributed by atoms with Gasteiger partial charge in [-0.25, -0.2) is 0 Å². The fourth-order valence-electron chi connectivity index (χ4n) is 3.72. The number of H-pyrrole nitrogens is 1. The molecule has 0 bridgehead atoms. The van der Waals surface area contributed by atoms with Gasteiger partial charge in [-0.15, -0.1) is 0 Å². The van der Waals surface area contributed by atoms with Gasteiger partial charge in [-0.3, -0.25) is 4.79 Å². The molecule has 1 amide bonds. The second kappa shape index (κ2) is 5.55. The van der Waals surface area contributed by atoms with Gasteiger partial charge in [0.2, 0.25) is 5.91 Å². The minimum Gasteiger partial charge on any atom is -0.358 e. The highest BCUT2D eigenvalue weighted by Crippen LogP contribution is 2.26. The van der Waals surface area contributed by atoms with Crippen molar-refractivity contribution in [2.75, 3.05) is 0 Å². The number of para-hydroxylation sites is 1. The first-order valence-electron chi connectivity index (χ1n) is 7.95. The fraction of sp³-hybridized carbons (Fsp3) is 0.500. The Morgan fingerprint density at radius 3 is 2.62 bits per heavy atom. The number of likely N-dealkylation sites (tertiary alicyclic amines) is 1. The summed E-state index contributed by atoms with van der Waals surface area (Å²) in [5, 5.41) is 1.18. The molecule has 21 heavy (non-hydrogen) atoms. The molecule has 2 atom stereocenters. The molecule has 1 saturated heterocycles. The average molecular weight is 284 g/mol. The van der Waals surface area contributed by atoms with Crippen LogP contribution in [0.4, 0.5) is 0 Å². The SMILES string of the molecule is Cc1[nH]c2ccccc2c1CC(=O)N1C(C)CCCC1C. The van der Waals surface area contributed by atoms with Crippen molar-refractivity contribution < 1.29 is 4.79 Å². The van der Waals surface area contributed by atoms with Gasteiger partial charge in [-0.1, -0.05) is 18.2 Å². The first-order valence-corrected chi connectivity index (χ1v) is 7.95. The molecule has 0 aliphatic carbocycles. The molecule has 3 rings (SSSR count). The number of carbonyl (C=O) groups is 1. The van der Waals surface area contributed by atoms with Gasteiger partial charge in [0.15, 0.2) is 0 Å². The highest BCUT2D eigenvalue weighted by atomic mass is 16.2. The molecule has 1 aromatic carbocycles. The van der Waals surface area contributed by atoms with E-state index in [4.69, 9.17) is 0 Å². The van der Waals surface area contributed by atoms with Gasteiger partial charge in [0, 0.05) is 28.7 Å². The highest BCUT2D eigenvalue weighted by molar-refractivity contribution is 5.90. The van der Waals surface area contributed by atoms with Crippen molar-refractivity contribution in [1.82, 2.24) is 9.88 Å². The summed E-state index contributed by atoms with van der Waals surface area (Å²) in [5.74, 6) is 0.266. The van der Waals surface area contributed by atoms with Crippen LogP contribution in [0.2, 0.25) is 0 Å². The number of rotatable bonds is 2. The Balaban J connectivity index is 1.88. The average Bonchev–Trinajstić information content (AvgIpc) is 2.75. The number of aromatic amines is 1. The van der Waals surface area contributed by atoms with E-state index < -0.39 is 0 Å². The van der Waals surface area contributed by atoms with Crippen LogP contribution >= 0.6 is 0 Å². The molecule has 2 heterocycles. The predicted molar refractivity (Wildman–Crippen MR) is 86.4 cm³/mol. The molecule has 1 aromatic heterocycles.